The van der Waals surface area contributed by atoms with Crippen LogP contribution >= 0.6 is 0 Å². The van der Waals surface area contributed by atoms with Gasteiger partial charge in [0.15, 0.2) is 0 Å². The van der Waals surface area contributed by atoms with Crippen molar-refractivity contribution in [1.29, 1.82) is 0 Å². The van der Waals surface area contributed by atoms with Crippen LogP contribution in [0.5, 0.6) is 0 Å². The third kappa shape index (κ3) is 3.20. The van der Waals surface area contributed by atoms with Crippen molar-refractivity contribution in [3.63, 3.8) is 0 Å². The van der Waals surface area contributed by atoms with Crippen molar-refractivity contribution in [2.75, 3.05) is 0 Å². The van der Waals surface area contributed by atoms with Crippen LogP contribution in [-0.4, -0.2) is 0 Å². The van der Waals surface area contributed by atoms with Gasteiger partial charge in [0, 0.05) is 0 Å². The molecule has 0 aromatic carbocycles. The molecule has 42 valence electrons. The molecule has 0 aliphatic heterocycles. The molecule has 0 nitrogen and oxygen atoms in total. The summed E-state index contributed by atoms with van der Waals surface area (Å²) < 4.78 is 0. The smallest absolute Gasteiger partial charge is 0.0177 e. The summed E-state index contributed by atoms with van der Waals surface area (Å²) in [6.07, 6.45) is 5.45. The van der Waals surface area contributed by atoms with E-state index in [4.69, 9.17) is 0 Å². The first-order valence-electron chi connectivity index (χ1n) is 2.46. The van der Waals surface area contributed by atoms with Crippen LogP contribution in [0.3, 0.4) is 0 Å². The normalized spacial score (nSPS) is 9.88. The van der Waals surface area contributed by atoms with Crippen molar-refractivity contribution < 1.29 is 0 Å². The fourth-order valence-corrected chi connectivity index (χ4v) is 0.395. The van der Waals surface area contributed by atoms with Crippen molar-refractivity contribution in [2.45, 2.75) is 6.92 Å². The molecule has 0 aromatic rings. The van der Waals surface area contributed by atoms with Crippen molar-refractivity contribution in [1.82, 2.24) is 0 Å². The monoisotopic (exact) mass is 106 g/mol. The minimum Gasteiger partial charge on any atom is -0.128 e. The predicted molar refractivity (Wildman–Crippen MR) is 37.7 cm³/mol. The molecule has 0 aliphatic rings. The molecule has 0 aliphatic carbocycles. The Labute approximate surface area is 50.5 Å². The van der Waals surface area contributed by atoms with E-state index in [0.29, 0.717) is 0 Å². The topological polar surface area (TPSA) is 0 Å². The second-order valence-electron chi connectivity index (χ2n) is 1.49. The molecule has 0 unspecified atom stereocenters. The number of hydrogen-bond donors (Lipinski definition) is 0. The fraction of sp³-hybridized carbons (Fsp3) is 0.125. The van der Waals surface area contributed by atoms with Gasteiger partial charge in [0.25, 0.3) is 0 Å². The van der Waals surface area contributed by atoms with Crippen molar-refractivity contribution >= 4 is 0 Å². The molecule has 0 amide bonds. The summed E-state index contributed by atoms with van der Waals surface area (Å²) in [5.74, 6) is 0. The molecule has 0 atom stereocenters. The van der Waals surface area contributed by atoms with Crippen LogP contribution < -0.4 is 0 Å². The van der Waals surface area contributed by atoms with E-state index < -0.39 is 0 Å². The molecule has 0 spiro atoms. The number of hydrogen-bond acceptors (Lipinski definition) is 0. The van der Waals surface area contributed by atoms with E-state index >= 15 is 0 Å². The molecule has 0 heterocycles. The highest BCUT2D eigenvalue weighted by Crippen LogP contribution is 1.91. The quantitative estimate of drug-likeness (QED) is 0.374. The summed E-state index contributed by atoms with van der Waals surface area (Å²) in [5, 5.41) is 0. The third-order valence-electron chi connectivity index (χ3n) is 0.710. The van der Waals surface area contributed by atoms with Gasteiger partial charge in [-0.25, -0.2) is 0 Å². The molecule has 0 heteroatoms. The lowest BCUT2D eigenvalue weighted by Gasteiger charge is -1.80. The molecule has 0 saturated heterocycles. The Balaban J connectivity index is 3.99. The van der Waals surface area contributed by atoms with Crippen molar-refractivity contribution in [2.24, 2.45) is 0 Å². The molecule has 8 heavy (non-hydrogen) atoms. The van der Waals surface area contributed by atoms with Gasteiger partial charge in [-0.05, 0) is 18.6 Å². The van der Waals surface area contributed by atoms with Crippen molar-refractivity contribution in [3.05, 3.63) is 42.7 Å². The Morgan fingerprint density at radius 3 is 2.62 bits per heavy atom. The van der Waals surface area contributed by atoms with Gasteiger partial charge in [0.1, 0.15) is 0 Å². The molecule has 0 N–H and O–H groups in total. The summed E-state index contributed by atoms with van der Waals surface area (Å²) in [4.78, 5) is 0. The first kappa shape index (κ1) is 7.00. The average molecular weight is 106 g/mol. The summed E-state index contributed by atoms with van der Waals surface area (Å²) in [5.41, 5.74) is 3.78. The Morgan fingerprint density at radius 2 is 2.25 bits per heavy atom. The Morgan fingerprint density at radius 1 is 1.62 bits per heavy atom. The number of rotatable bonds is 2. The highest BCUT2D eigenvalue weighted by Gasteiger charge is 1.71. The molecule has 0 aromatic heterocycles. The summed E-state index contributed by atoms with van der Waals surface area (Å²) in [6.45, 7) is 8.94. The summed E-state index contributed by atoms with van der Waals surface area (Å²) in [6, 6.07) is 0. The Bertz CT molecular complexity index is 143. The second-order valence-corrected chi connectivity index (χ2v) is 1.49. The van der Waals surface area contributed by atoms with Crippen LogP contribution in [0, 0.1) is 0 Å². The molecule has 0 saturated carbocycles. The van der Waals surface area contributed by atoms with Gasteiger partial charge in [-0.1, -0.05) is 25.3 Å². The van der Waals surface area contributed by atoms with E-state index in [9.17, 15) is 0 Å². The lowest BCUT2D eigenvalue weighted by molar-refractivity contribution is 1.53. The maximum absolute atomic E-state index is 3.54. The minimum absolute atomic E-state index is 1.12. The highest BCUT2D eigenvalue weighted by molar-refractivity contribution is 5.19. The van der Waals surface area contributed by atoms with Crippen LogP contribution in [0.4, 0.5) is 0 Å². The molecule has 0 radical (unpaired) electrons. The van der Waals surface area contributed by atoms with Gasteiger partial charge < -0.3 is 0 Å². The Kier molecular flexibility index (Phi) is 3.65. The first-order chi connectivity index (χ1) is 3.81. The molecule has 0 rings (SSSR count). The first-order valence-corrected chi connectivity index (χ1v) is 2.46. The van der Waals surface area contributed by atoms with Crippen LogP contribution in [0.1, 0.15) is 6.92 Å². The number of allylic oxidation sites excluding steroid dienone is 4. The van der Waals surface area contributed by atoms with E-state index in [1.165, 1.54) is 0 Å². The van der Waals surface area contributed by atoms with Crippen LogP contribution in [-0.2, 0) is 0 Å². The van der Waals surface area contributed by atoms with Gasteiger partial charge in [-0.3, -0.25) is 0 Å². The van der Waals surface area contributed by atoms with Gasteiger partial charge in [0.05, 0.1) is 0 Å². The van der Waals surface area contributed by atoms with Crippen LogP contribution in [0.15, 0.2) is 42.7 Å². The second kappa shape index (κ2) is 4.17. The zero-order valence-corrected chi connectivity index (χ0v) is 5.15. The lowest BCUT2D eigenvalue weighted by Crippen LogP contribution is -1.60. The summed E-state index contributed by atoms with van der Waals surface area (Å²) in [7, 11) is 0. The third-order valence-corrected chi connectivity index (χ3v) is 0.710. The highest BCUT2D eigenvalue weighted by atomic mass is 13.8. The van der Waals surface area contributed by atoms with Gasteiger partial charge in [-0.2, -0.15) is 0 Å². The zero-order valence-electron chi connectivity index (χ0n) is 5.15. The minimum atomic E-state index is 1.12. The lowest BCUT2D eigenvalue weighted by atomic mass is 10.3. The van der Waals surface area contributed by atoms with Gasteiger partial charge >= 0.3 is 0 Å². The van der Waals surface area contributed by atoms with E-state index in [1.807, 2.05) is 19.1 Å². The Hall–Kier alpha value is -1.00. The predicted octanol–water partition coefficient (Wildman–Crippen LogP) is 2.46. The van der Waals surface area contributed by atoms with E-state index in [2.05, 4.69) is 18.9 Å². The van der Waals surface area contributed by atoms with Crippen LogP contribution in [0.2, 0.25) is 0 Å². The molecular formula is C8H10. The van der Waals surface area contributed by atoms with Crippen LogP contribution in [0.25, 0.3) is 0 Å². The maximum atomic E-state index is 3.54. The average Bonchev–Trinajstić information content (AvgIpc) is 1.68. The largest absolute Gasteiger partial charge is 0.128 e. The van der Waals surface area contributed by atoms with Crippen molar-refractivity contribution in [3.8, 4) is 0 Å². The molecule has 0 bridgehead atoms. The summed E-state index contributed by atoms with van der Waals surface area (Å²) >= 11 is 0. The van der Waals surface area contributed by atoms with E-state index in [1.54, 1.807) is 6.08 Å². The van der Waals surface area contributed by atoms with E-state index in [-0.39, 0.29) is 0 Å². The SMILES string of the molecule is C=C=C/C(C)=C\C=C. The molecular weight excluding hydrogens is 96.1 g/mol. The van der Waals surface area contributed by atoms with Gasteiger partial charge in [0.2, 0.25) is 0 Å². The maximum Gasteiger partial charge on any atom is -0.0177 e. The fourth-order valence-electron chi connectivity index (χ4n) is 0.395. The molecule has 0 fully saturated rings. The van der Waals surface area contributed by atoms with E-state index in [0.717, 1.165) is 5.57 Å². The van der Waals surface area contributed by atoms with Gasteiger partial charge in [-0.15, -0.1) is 5.73 Å². The standard InChI is InChI=1S/C8H10/c1-4-6-8(3)7-5-2/h4,6-7H,1-2H2,3H3/b8-6-. The zero-order chi connectivity index (χ0) is 6.41.